The monoisotopic (exact) mass is 324 g/mol. The second kappa shape index (κ2) is 6.48. The van der Waals surface area contributed by atoms with E-state index in [-0.39, 0.29) is 23.4 Å². The van der Waals surface area contributed by atoms with Crippen LogP contribution in [0.25, 0.3) is 0 Å². The fraction of sp³-hybridized carbons (Fsp3) is 0.375. The summed E-state index contributed by atoms with van der Waals surface area (Å²) in [4.78, 5) is 14.3. The van der Waals surface area contributed by atoms with Crippen molar-refractivity contribution in [3.63, 3.8) is 0 Å². The van der Waals surface area contributed by atoms with Crippen LogP contribution in [0.3, 0.4) is 0 Å². The highest BCUT2D eigenvalue weighted by atomic mass is 35.5. The van der Waals surface area contributed by atoms with Crippen LogP contribution in [-0.2, 0) is 11.2 Å². The average molecular weight is 325 g/mol. The van der Waals surface area contributed by atoms with Gasteiger partial charge in [0, 0.05) is 11.6 Å². The molecule has 2 aromatic rings. The van der Waals surface area contributed by atoms with E-state index < -0.39 is 5.82 Å². The molecule has 0 atom stereocenters. The van der Waals surface area contributed by atoms with Gasteiger partial charge in [0.2, 0.25) is 5.91 Å². The normalized spacial score (nSPS) is 11.0. The van der Waals surface area contributed by atoms with E-state index in [1.807, 2.05) is 13.8 Å². The molecule has 0 aliphatic rings. The maximum Gasteiger partial charge on any atom is 0.231 e. The van der Waals surface area contributed by atoms with Gasteiger partial charge >= 0.3 is 0 Å². The Morgan fingerprint density at radius 1 is 1.41 bits per heavy atom. The van der Waals surface area contributed by atoms with Crippen molar-refractivity contribution < 1.29 is 13.7 Å². The zero-order valence-electron chi connectivity index (χ0n) is 13.0. The summed E-state index contributed by atoms with van der Waals surface area (Å²) < 4.78 is 18.3. The number of halogens is 2. The highest BCUT2D eigenvalue weighted by Crippen LogP contribution is 2.29. The predicted molar refractivity (Wildman–Crippen MR) is 83.7 cm³/mol. The SMILES string of the molecule is Cc1noc(C)c1CC(=O)N(c1ccc(F)cc1Cl)C(C)C. The first-order chi connectivity index (χ1) is 10.3. The second-order valence-corrected chi connectivity index (χ2v) is 5.84. The Morgan fingerprint density at radius 2 is 2.09 bits per heavy atom. The third-order valence-corrected chi connectivity index (χ3v) is 3.77. The van der Waals surface area contributed by atoms with Crippen LogP contribution in [0.2, 0.25) is 5.02 Å². The molecule has 4 nitrogen and oxygen atoms in total. The van der Waals surface area contributed by atoms with Gasteiger partial charge in [0.15, 0.2) is 0 Å². The smallest absolute Gasteiger partial charge is 0.231 e. The molecule has 1 aromatic heterocycles. The Bertz CT molecular complexity index is 678. The molecule has 0 unspecified atom stereocenters. The van der Waals surface area contributed by atoms with Crippen molar-refractivity contribution in [3.05, 3.63) is 46.1 Å². The molecule has 0 fully saturated rings. The summed E-state index contributed by atoms with van der Waals surface area (Å²) in [5, 5.41) is 4.06. The van der Waals surface area contributed by atoms with Crippen molar-refractivity contribution in [2.24, 2.45) is 0 Å². The number of benzene rings is 1. The van der Waals surface area contributed by atoms with E-state index >= 15 is 0 Å². The lowest BCUT2D eigenvalue weighted by Crippen LogP contribution is -2.38. The van der Waals surface area contributed by atoms with E-state index in [4.69, 9.17) is 16.1 Å². The van der Waals surface area contributed by atoms with Crippen molar-refractivity contribution in [2.45, 2.75) is 40.2 Å². The van der Waals surface area contributed by atoms with E-state index in [1.54, 1.807) is 18.7 Å². The van der Waals surface area contributed by atoms with Crippen LogP contribution in [0.1, 0.15) is 30.9 Å². The molecule has 0 aliphatic carbocycles. The van der Waals surface area contributed by atoms with Gasteiger partial charge in [-0.05, 0) is 45.9 Å². The van der Waals surface area contributed by atoms with Crippen LogP contribution in [0.5, 0.6) is 0 Å². The van der Waals surface area contributed by atoms with E-state index in [0.717, 1.165) is 5.56 Å². The molecular formula is C16H18ClFN2O2. The molecule has 0 saturated carbocycles. The summed E-state index contributed by atoms with van der Waals surface area (Å²) in [5.74, 6) is 0.0493. The van der Waals surface area contributed by atoms with Crippen molar-refractivity contribution >= 4 is 23.2 Å². The van der Waals surface area contributed by atoms with Crippen LogP contribution in [0.15, 0.2) is 22.7 Å². The zero-order valence-corrected chi connectivity index (χ0v) is 13.7. The molecule has 6 heteroatoms. The predicted octanol–water partition coefficient (Wildman–Crippen LogP) is 4.07. The van der Waals surface area contributed by atoms with Gasteiger partial charge in [-0.2, -0.15) is 0 Å². The summed E-state index contributed by atoms with van der Waals surface area (Å²) in [7, 11) is 0. The molecule has 0 N–H and O–H groups in total. The molecule has 118 valence electrons. The molecule has 0 saturated heterocycles. The highest BCUT2D eigenvalue weighted by molar-refractivity contribution is 6.33. The Hall–Kier alpha value is -1.88. The Labute approximate surface area is 133 Å². The molecule has 1 heterocycles. The molecule has 2 rings (SSSR count). The Balaban J connectivity index is 2.34. The average Bonchev–Trinajstić information content (AvgIpc) is 2.73. The van der Waals surface area contributed by atoms with Crippen LogP contribution >= 0.6 is 11.6 Å². The van der Waals surface area contributed by atoms with Gasteiger partial charge < -0.3 is 9.42 Å². The minimum Gasteiger partial charge on any atom is -0.361 e. The van der Waals surface area contributed by atoms with Crippen LogP contribution in [0, 0.1) is 19.7 Å². The fourth-order valence-electron chi connectivity index (χ4n) is 2.37. The van der Waals surface area contributed by atoms with E-state index in [9.17, 15) is 9.18 Å². The molecule has 0 aliphatic heterocycles. The molecule has 1 amide bonds. The Morgan fingerprint density at radius 3 is 2.59 bits per heavy atom. The van der Waals surface area contributed by atoms with Gasteiger partial charge in [0.05, 0.1) is 22.8 Å². The minimum atomic E-state index is -0.435. The van der Waals surface area contributed by atoms with Crippen LogP contribution in [0.4, 0.5) is 10.1 Å². The highest BCUT2D eigenvalue weighted by Gasteiger charge is 2.24. The lowest BCUT2D eigenvalue weighted by Gasteiger charge is -2.28. The number of rotatable bonds is 4. The summed E-state index contributed by atoms with van der Waals surface area (Å²) in [6, 6.07) is 3.90. The number of nitrogens with zero attached hydrogens (tertiary/aromatic N) is 2. The van der Waals surface area contributed by atoms with Gasteiger partial charge in [-0.15, -0.1) is 0 Å². The quantitative estimate of drug-likeness (QED) is 0.851. The maximum atomic E-state index is 13.2. The van der Waals surface area contributed by atoms with Crippen molar-refractivity contribution in [3.8, 4) is 0 Å². The lowest BCUT2D eigenvalue weighted by molar-refractivity contribution is -0.118. The number of hydrogen-bond acceptors (Lipinski definition) is 3. The van der Waals surface area contributed by atoms with Crippen LogP contribution < -0.4 is 4.90 Å². The van der Waals surface area contributed by atoms with Gasteiger partial charge in [-0.25, -0.2) is 4.39 Å². The minimum absolute atomic E-state index is 0.115. The first kappa shape index (κ1) is 16.5. The standard InChI is InChI=1S/C16H18ClFN2O2/c1-9(2)20(15-6-5-12(18)7-14(15)17)16(21)8-13-10(3)19-22-11(13)4/h5-7,9H,8H2,1-4H3. The van der Waals surface area contributed by atoms with Crippen molar-refractivity contribution in [1.82, 2.24) is 5.16 Å². The molecular weight excluding hydrogens is 307 g/mol. The number of hydrogen-bond donors (Lipinski definition) is 0. The summed E-state index contributed by atoms with van der Waals surface area (Å²) >= 11 is 6.09. The number of carbonyl (C=O) groups is 1. The third-order valence-electron chi connectivity index (χ3n) is 3.46. The first-order valence-electron chi connectivity index (χ1n) is 7.00. The number of anilines is 1. The number of aromatic nitrogens is 1. The second-order valence-electron chi connectivity index (χ2n) is 5.43. The molecule has 0 radical (unpaired) electrons. The van der Waals surface area contributed by atoms with Crippen molar-refractivity contribution in [2.75, 3.05) is 4.90 Å². The van der Waals surface area contributed by atoms with Crippen molar-refractivity contribution in [1.29, 1.82) is 0 Å². The summed E-state index contributed by atoms with van der Waals surface area (Å²) in [5.41, 5.74) is 1.96. The number of carbonyl (C=O) groups excluding carboxylic acids is 1. The van der Waals surface area contributed by atoms with E-state index in [2.05, 4.69) is 5.16 Å². The van der Waals surface area contributed by atoms with E-state index in [1.165, 1.54) is 18.2 Å². The largest absolute Gasteiger partial charge is 0.361 e. The fourth-order valence-corrected chi connectivity index (χ4v) is 2.63. The lowest BCUT2D eigenvalue weighted by atomic mass is 10.1. The number of aryl methyl sites for hydroxylation is 2. The molecule has 0 bridgehead atoms. The van der Waals surface area contributed by atoms with Crippen LogP contribution in [-0.4, -0.2) is 17.1 Å². The topological polar surface area (TPSA) is 46.3 Å². The zero-order chi connectivity index (χ0) is 16.4. The summed E-state index contributed by atoms with van der Waals surface area (Å²) in [6.45, 7) is 7.33. The maximum absolute atomic E-state index is 13.2. The van der Waals surface area contributed by atoms with Gasteiger partial charge in [-0.3, -0.25) is 4.79 Å². The van der Waals surface area contributed by atoms with E-state index in [0.29, 0.717) is 17.1 Å². The van der Waals surface area contributed by atoms with Gasteiger partial charge in [0.25, 0.3) is 0 Å². The molecule has 22 heavy (non-hydrogen) atoms. The first-order valence-corrected chi connectivity index (χ1v) is 7.38. The number of amides is 1. The third kappa shape index (κ3) is 3.30. The van der Waals surface area contributed by atoms with Gasteiger partial charge in [-0.1, -0.05) is 16.8 Å². The molecule has 1 aromatic carbocycles. The van der Waals surface area contributed by atoms with Gasteiger partial charge in [0.1, 0.15) is 11.6 Å². The Kier molecular flexibility index (Phi) is 4.86. The molecule has 0 spiro atoms. The summed E-state index contributed by atoms with van der Waals surface area (Å²) in [6.07, 6.45) is 0.160.